The Morgan fingerprint density at radius 2 is 1.69 bits per heavy atom. The molecule has 4 rings (SSSR count). The van der Waals surface area contributed by atoms with Gasteiger partial charge in [0, 0.05) is 12.5 Å². The summed E-state index contributed by atoms with van der Waals surface area (Å²) in [7, 11) is 1.52. The zero-order chi connectivity index (χ0) is 22.5. The molecule has 1 heterocycles. The number of aliphatic hydroxyl groups excluding tert-OH is 2. The highest BCUT2D eigenvalue weighted by molar-refractivity contribution is 5.79. The van der Waals surface area contributed by atoms with Gasteiger partial charge < -0.3 is 25.0 Å². The van der Waals surface area contributed by atoms with E-state index in [1.807, 2.05) is 24.3 Å². The van der Waals surface area contributed by atoms with Crippen molar-refractivity contribution in [1.82, 2.24) is 10.3 Å². The molecule has 0 fully saturated rings. The molecular formula is C25H26N2O5. The van der Waals surface area contributed by atoms with Gasteiger partial charge >= 0.3 is 6.09 Å². The lowest BCUT2D eigenvalue weighted by atomic mass is 9.98. The van der Waals surface area contributed by atoms with Gasteiger partial charge in [-0.15, -0.1) is 0 Å². The molecule has 166 valence electrons. The highest BCUT2D eigenvalue weighted by atomic mass is 16.5. The van der Waals surface area contributed by atoms with Crippen molar-refractivity contribution in [2.45, 2.75) is 24.5 Å². The third-order valence-corrected chi connectivity index (χ3v) is 5.72. The van der Waals surface area contributed by atoms with E-state index in [4.69, 9.17) is 9.47 Å². The number of aromatic nitrogens is 1. The Morgan fingerprint density at radius 3 is 2.28 bits per heavy atom. The fourth-order valence-corrected chi connectivity index (χ4v) is 4.01. The number of carbonyl (C=O) groups is 1. The van der Waals surface area contributed by atoms with Crippen molar-refractivity contribution in [3.8, 4) is 16.9 Å². The van der Waals surface area contributed by atoms with Crippen LogP contribution in [0.2, 0.25) is 0 Å². The lowest BCUT2D eigenvalue weighted by Crippen LogP contribution is -2.30. The predicted molar refractivity (Wildman–Crippen MR) is 119 cm³/mol. The zero-order valence-electron chi connectivity index (χ0n) is 17.8. The molecule has 3 aromatic rings. The van der Waals surface area contributed by atoms with Crippen molar-refractivity contribution in [2.24, 2.45) is 0 Å². The number of pyridine rings is 1. The van der Waals surface area contributed by atoms with Gasteiger partial charge in [-0.3, -0.25) is 4.98 Å². The molecule has 2 aromatic carbocycles. The van der Waals surface area contributed by atoms with E-state index in [-0.39, 0.29) is 25.5 Å². The van der Waals surface area contributed by atoms with Crippen LogP contribution in [0.15, 0.2) is 66.9 Å². The number of hydrogen-bond donors (Lipinski definition) is 3. The van der Waals surface area contributed by atoms with Crippen molar-refractivity contribution in [3.05, 3.63) is 83.7 Å². The maximum Gasteiger partial charge on any atom is 0.407 e. The first-order valence-electron chi connectivity index (χ1n) is 10.5. The van der Waals surface area contributed by atoms with E-state index >= 15 is 0 Å². The van der Waals surface area contributed by atoms with E-state index < -0.39 is 18.3 Å². The number of carbonyl (C=O) groups excluding carboxylic acids is 1. The molecule has 1 aliphatic carbocycles. The topological polar surface area (TPSA) is 101 Å². The Bertz CT molecular complexity index is 1020. The van der Waals surface area contributed by atoms with Crippen molar-refractivity contribution < 1.29 is 24.5 Å². The van der Waals surface area contributed by atoms with Gasteiger partial charge in [0.25, 0.3) is 0 Å². The van der Waals surface area contributed by atoms with E-state index in [9.17, 15) is 15.0 Å². The van der Waals surface area contributed by atoms with E-state index in [0.29, 0.717) is 11.4 Å². The predicted octanol–water partition coefficient (Wildman–Crippen LogP) is 3.41. The van der Waals surface area contributed by atoms with Crippen LogP contribution in [0.3, 0.4) is 0 Å². The standard InChI is InChI=1S/C25H26N2O5/c1-31-16-10-11-22(27-14-16)24(29)23(28)12-13-26-25(30)32-15-21-19-8-4-2-6-17(19)18-7-3-5-9-20(18)21/h2-11,14,21,23-24,28-29H,12-13,15H2,1H3,(H,26,30). The fraction of sp³-hybridized carbons (Fsp3) is 0.280. The average molecular weight is 434 g/mol. The summed E-state index contributed by atoms with van der Waals surface area (Å²) in [5.41, 5.74) is 4.96. The Balaban J connectivity index is 1.27. The number of amides is 1. The van der Waals surface area contributed by atoms with Gasteiger partial charge in [-0.05, 0) is 40.8 Å². The lowest BCUT2D eigenvalue weighted by molar-refractivity contribution is 0.0111. The number of fused-ring (bicyclic) bond motifs is 3. The maximum atomic E-state index is 12.2. The summed E-state index contributed by atoms with van der Waals surface area (Å²) in [5.74, 6) is 0.550. The molecule has 0 aliphatic heterocycles. The summed E-state index contributed by atoms with van der Waals surface area (Å²) in [6.45, 7) is 0.381. The van der Waals surface area contributed by atoms with Gasteiger partial charge in [-0.1, -0.05) is 48.5 Å². The normalized spacial score (nSPS) is 14.2. The summed E-state index contributed by atoms with van der Waals surface area (Å²) in [6.07, 6.45) is -1.18. The van der Waals surface area contributed by atoms with Crippen molar-refractivity contribution in [3.63, 3.8) is 0 Å². The number of methoxy groups -OCH3 is 1. The number of rotatable bonds is 8. The molecule has 1 amide bonds. The number of nitrogens with zero attached hydrogens (tertiary/aromatic N) is 1. The molecule has 2 unspecified atom stereocenters. The largest absolute Gasteiger partial charge is 0.495 e. The monoisotopic (exact) mass is 434 g/mol. The summed E-state index contributed by atoms with van der Waals surface area (Å²) < 4.78 is 10.5. The first-order valence-corrected chi connectivity index (χ1v) is 10.5. The van der Waals surface area contributed by atoms with E-state index in [2.05, 4.69) is 34.6 Å². The number of alkyl carbamates (subject to hydrolysis) is 1. The Morgan fingerprint density at radius 1 is 1.03 bits per heavy atom. The molecule has 7 heteroatoms. The minimum Gasteiger partial charge on any atom is -0.495 e. The number of benzene rings is 2. The molecule has 0 saturated heterocycles. The van der Waals surface area contributed by atoms with Crippen LogP contribution in [0.25, 0.3) is 11.1 Å². The Hall–Kier alpha value is -3.42. The number of ether oxygens (including phenoxy) is 2. The SMILES string of the molecule is COc1ccc(C(O)C(O)CCNC(=O)OCC2c3ccccc3-c3ccccc32)nc1. The number of hydrogen-bond acceptors (Lipinski definition) is 6. The van der Waals surface area contributed by atoms with Crippen LogP contribution in [-0.4, -0.2) is 47.7 Å². The third-order valence-electron chi connectivity index (χ3n) is 5.72. The van der Waals surface area contributed by atoms with Crippen LogP contribution in [0.4, 0.5) is 4.79 Å². The van der Waals surface area contributed by atoms with Gasteiger partial charge in [0.1, 0.15) is 18.5 Å². The highest BCUT2D eigenvalue weighted by Crippen LogP contribution is 2.44. The second-order valence-corrected chi connectivity index (χ2v) is 7.68. The van der Waals surface area contributed by atoms with Crippen LogP contribution in [0.5, 0.6) is 5.75 Å². The Kier molecular flexibility index (Phi) is 6.68. The lowest BCUT2D eigenvalue weighted by Gasteiger charge is -2.18. The highest BCUT2D eigenvalue weighted by Gasteiger charge is 2.29. The number of aliphatic hydroxyl groups is 2. The first kappa shape index (κ1) is 21.8. The molecule has 3 N–H and O–H groups in total. The fourth-order valence-electron chi connectivity index (χ4n) is 4.01. The summed E-state index contributed by atoms with van der Waals surface area (Å²) in [4.78, 5) is 16.3. The first-order chi connectivity index (χ1) is 15.6. The van der Waals surface area contributed by atoms with Crippen LogP contribution in [0, 0.1) is 0 Å². The van der Waals surface area contributed by atoms with Crippen molar-refractivity contribution >= 4 is 6.09 Å². The van der Waals surface area contributed by atoms with Crippen molar-refractivity contribution in [1.29, 1.82) is 0 Å². The second-order valence-electron chi connectivity index (χ2n) is 7.68. The molecule has 32 heavy (non-hydrogen) atoms. The summed E-state index contributed by atoms with van der Waals surface area (Å²) >= 11 is 0. The molecule has 0 saturated carbocycles. The van der Waals surface area contributed by atoms with Gasteiger partial charge in [0.15, 0.2) is 0 Å². The van der Waals surface area contributed by atoms with Gasteiger partial charge in [-0.2, -0.15) is 0 Å². The van der Waals surface area contributed by atoms with E-state index in [1.165, 1.54) is 24.4 Å². The van der Waals surface area contributed by atoms with Gasteiger partial charge in [-0.25, -0.2) is 4.79 Å². The van der Waals surface area contributed by atoms with Gasteiger partial charge in [0.05, 0.1) is 25.1 Å². The summed E-state index contributed by atoms with van der Waals surface area (Å²) in [6, 6.07) is 19.5. The molecule has 0 spiro atoms. The van der Waals surface area contributed by atoms with Crippen LogP contribution < -0.4 is 10.1 Å². The van der Waals surface area contributed by atoms with Crippen LogP contribution in [0.1, 0.15) is 35.3 Å². The van der Waals surface area contributed by atoms with Crippen LogP contribution >= 0.6 is 0 Å². The minimum absolute atomic E-state index is 0.0123. The zero-order valence-corrected chi connectivity index (χ0v) is 17.8. The quantitative estimate of drug-likeness (QED) is 0.502. The third kappa shape index (κ3) is 4.59. The summed E-state index contributed by atoms with van der Waals surface area (Å²) in [5, 5.41) is 23.1. The number of nitrogens with one attached hydrogen (secondary N) is 1. The maximum absolute atomic E-state index is 12.2. The average Bonchev–Trinajstić information content (AvgIpc) is 3.16. The second kappa shape index (κ2) is 9.80. The molecule has 1 aromatic heterocycles. The van der Waals surface area contributed by atoms with Gasteiger partial charge in [0.2, 0.25) is 0 Å². The molecule has 7 nitrogen and oxygen atoms in total. The molecule has 1 aliphatic rings. The van der Waals surface area contributed by atoms with Crippen LogP contribution in [-0.2, 0) is 4.74 Å². The van der Waals surface area contributed by atoms with E-state index in [0.717, 1.165) is 11.1 Å². The molecule has 2 atom stereocenters. The minimum atomic E-state index is -1.16. The molecule has 0 bridgehead atoms. The van der Waals surface area contributed by atoms with E-state index in [1.54, 1.807) is 12.1 Å². The Labute approximate surface area is 186 Å². The smallest absolute Gasteiger partial charge is 0.407 e. The van der Waals surface area contributed by atoms with Crippen molar-refractivity contribution in [2.75, 3.05) is 20.3 Å². The molecular weight excluding hydrogens is 408 g/mol. The molecule has 0 radical (unpaired) electrons.